The number of unbranched alkanes of at least 4 members (excludes halogenated alkanes) is 1. The van der Waals surface area contributed by atoms with E-state index in [1.165, 1.54) is 31.2 Å². The summed E-state index contributed by atoms with van der Waals surface area (Å²) in [6, 6.07) is 22.9. The monoisotopic (exact) mass is 623 g/mol. The first-order valence-corrected chi connectivity index (χ1v) is 17.1. The van der Waals surface area contributed by atoms with E-state index in [0.29, 0.717) is 19.1 Å². The molecule has 0 spiro atoms. The number of carbonyl (C=O) groups is 1. The second kappa shape index (κ2) is 16.5. The number of aryl methyl sites for hydroxylation is 2. The fourth-order valence-corrected chi connectivity index (χ4v) is 6.70. The average molecular weight is 624 g/mol. The number of nitrogens with one attached hydrogen (secondary N) is 1. The molecule has 5 rings (SSSR count). The van der Waals surface area contributed by atoms with Crippen molar-refractivity contribution in [3.05, 3.63) is 96.0 Å². The van der Waals surface area contributed by atoms with Crippen molar-refractivity contribution in [3.63, 3.8) is 0 Å². The van der Waals surface area contributed by atoms with E-state index in [1.54, 1.807) is 17.8 Å². The van der Waals surface area contributed by atoms with Crippen LogP contribution < -0.4 is 10.1 Å². The second-order valence-corrected chi connectivity index (χ2v) is 12.6. The van der Waals surface area contributed by atoms with Crippen molar-refractivity contribution < 1.29 is 14.3 Å². The number of amides is 1. The van der Waals surface area contributed by atoms with Crippen molar-refractivity contribution in [1.29, 1.82) is 0 Å². The first-order valence-electron chi connectivity index (χ1n) is 16.3. The summed E-state index contributed by atoms with van der Waals surface area (Å²) in [5, 5.41) is 4.17. The van der Waals surface area contributed by atoms with Crippen LogP contribution in [0.5, 0.6) is 5.75 Å². The molecule has 6 nitrogen and oxygen atoms in total. The third kappa shape index (κ3) is 9.12. The largest absolute Gasteiger partial charge is 0.491 e. The van der Waals surface area contributed by atoms with Gasteiger partial charge in [0.05, 0.1) is 18.6 Å². The maximum atomic E-state index is 13.0. The van der Waals surface area contributed by atoms with Crippen LogP contribution in [0.25, 0.3) is 17.2 Å². The van der Waals surface area contributed by atoms with Gasteiger partial charge in [0, 0.05) is 29.8 Å². The lowest BCUT2D eigenvalue weighted by atomic mass is 9.90. The van der Waals surface area contributed by atoms with E-state index in [-0.39, 0.29) is 5.91 Å². The molecule has 1 aliphatic rings. The molecule has 4 aromatic rings. The molecular formula is C38H45N3O3S. The van der Waals surface area contributed by atoms with Gasteiger partial charge in [-0.1, -0.05) is 62.2 Å². The Bertz CT molecular complexity index is 1550. The van der Waals surface area contributed by atoms with Crippen molar-refractivity contribution >= 4 is 29.4 Å². The van der Waals surface area contributed by atoms with Crippen molar-refractivity contribution in [1.82, 2.24) is 9.55 Å². The summed E-state index contributed by atoms with van der Waals surface area (Å²) in [6.45, 7) is 9.12. The van der Waals surface area contributed by atoms with Crippen molar-refractivity contribution in [2.75, 3.05) is 25.1 Å². The molecule has 45 heavy (non-hydrogen) atoms. The van der Waals surface area contributed by atoms with E-state index >= 15 is 0 Å². The number of hydrogen-bond donors (Lipinski definition) is 1. The van der Waals surface area contributed by atoms with Gasteiger partial charge in [-0.2, -0.15) is 0 Å². The van der Waals surface area contributed by atoms with E-state index in [9.17, 15) is 4.79 Å². The van der Waals surface area contributed by atoms with Gasteiger partial charge in [0.15, 0.2) is 0 Å². The summed E-state index contributed by atoms with van der Waals surface area (Å²) in [4.78, 5) is 18.5. The number of nitrogens with zero attached hydrogens (tertiary/aromatic N) is 2. The van der Waals surface area contributed by atoms with Gasteiger partial charge in [-0.15, -0.1) is 0 Å². The second-order valence-electron chi connectivity index (χ2n) is 11.5. The Morgan fingerprint density at radius 2 is 1.73 bits per heavy atom. The highest BCUT2D eigenvalue weighted by molar-refractivity contribution is 7.99. The van der Waals surface area contributed by atoms with E-state index in [0.717, 1.165) is 69.7 Å². The zero-order valence-electron chi connectivity index (χ0n) is 26.8. The molecule has 1 amide bonds. The van der Waals surface area contributed by atoms with Crippen LogP contribution in [0, 0.1) is 6.92 Å². The summed E-state index contributed by atoms with van der Waals surface area (Å²) in [6.07, 6.45) is 12.6. The molecule has 236 valence electrons. The van der Waals surface area contributed by atoms with Crippen LogP contribution in [0.4, 0.5) is 5.69 Å². The Kier molecular flexibility index (Phi) is 11.9. The molecule has 3 aromatic carbocycles. The van der Waals surface area contributed by atoms with Crippen molar-refractivity contribution in [2.45, 2.75) is 81.7 Å². The quantitative estimate of drug-likeness (QED) is 0.106. The minimum absolute atomic E-state index is 0.141. The number of anilines is 1. The van der Waals surface area contributed by atoms with Crippen LogP contribution in [0.1, 0.15) is 75.1 Å². The predicted molar refractivity (Wildman–Crippen MR) is 185 cm³/mol. The minimum atomic E-state index is -0.141. The zero-order chi connectivity index (χ0) is 31.4. The van der Waals surface area contributed by atoms with E-state index in [4.69, 9.17) is 9.47 Å². The molecule has 0 bridgehead atoms. The first-order chi connectivity index (χ1) is 22.0. The topological polar surface area (TPSA) is 65.4 Å². The molecule has 0 radical (unpaired) electrons. The lowest BCUT2D eigenvalue weighted by Gasteiger charge is -2.15. The van der Waals surface area contributed by atoms with Crippen LogP contribution in [-0.4, -0.2) is 35.3 Å². The summed E-state index contributed by atoms with van der Waals surface area (Å²) in [5.41, 5.74) is 6.47. The fourth-order valence-electron chi connectivity index (χ4n) is 5.71. The normalized spacial score (nSPS) is 13.5. The van der Waals surface area contributed by atoms with Crippen LogP contribution in [-0.2, 0) is 16.1 Å². The number of aromatic nitrogens is 2. The van der Waals surface area contributed by atoms with Crippen LogP contribution in [0.2, 0.25) is 0 Å². The number of ether oxygens (including phenoxy) is 2. The summed E-state index contributed by atoms with van der Waals surface area (Å²) < 4.78 is 13.6. The fraction of sp³-hybridized carbons (Fsp3) is 0.368. The molecule has 1 saturated carbocycles. The lowest BCUT2D eigenvalue weighted by Crippen LogP contribution is -2.07. The van der Waals surface area contributed by atoms with Crippen LogP contribution in [0.3, 0.4) is 0 Å². The molecule has 0 atom stereocenters. The summed E-state index contributed by atoms with van der Waals surface area (Å²) >= 11 is 1.69. The molecule has 1 heterocycles. The van der Waals surface area contributed by atoms with E-state index in [1.807, 2.05) is 55.7 Å². The molecule has 1 fully saturated rings. The van der Waals surface area contributed by atoms with Crippen molar-refractivity contribution in [2.24, 2.45) is 0 Å². The Morgan fingerprint density at radius 1 is 0.978 bits per heavy atom. The molecule has 1 aromatic heterocycles. The zero-order valence-corrected chi connectivity index (χ0v) is 27.6. The van der Waals surface area contributed by atoms with Gasteiger partial charge in [-0.3, -0.25) is 4.79 Å². The summed E-state index contributed by atoms with van der Waals surface area (Å²) in [5.74, 6) is 1.24. The van der Waals surface area contributed by atoms with Crippen LogP contribution >= 0.6 is 11.8 Å². The average Bonchev–Trinajstić information content (AvgIpc) is 3.73. The van der Waals surface area contributed by atoms with Gasteiger partial charge in [0.2, 0.25) is 5.91 Å². The molecule has 7 heteroatoms. The maximum absolute atomic E-state index is 13.0. The lowest BCUT2D eigenvalue weighted by molar-refractivity contribution is -0.111. The van der Waals surface area contributed by atoms with Gasteiger partial charge >= 0.3 is 0 Å². The van der Waals surface area contributed by atoms with E-state index < -0.39 is 0 Å². The van der Waals surface area contributed by atoms with Crippen molar-refractivity contribution in [3.8, 4) is 16.9 Å². The van der Waals surface area contributed by atoms with E-state index in [2.05, 4.69) is 59.0 Å². The molecular weight excluding hydrogens is 579 g/mol. The molecule has 1 aliphatic carbocycles. The predicted octanol–water partition coefficient (Wildman–Crippen LogP) is 9.53. The van der Waals surface area contributed by atoms with Gasteiger partial charge < -0.3 is 19.4 Å². The minimum Gasteiger partial charge on any atom is -0.491 e. The third-order valence-corrected chi connectivity index (χ3v) is 9.49. The summed E-state index contributed by atoms with van der Waals surface area (Å²) in [7, 11) is 0. The maximum Gasteiger partial charge on any atom is 0.248 e. The highest BCUT2D eigenvalue weighted by Crippen LogP contribution is 2.38. The standard InChI is InChI=1S/C38H45N3O3S/c1-4-6-23-43-24-25-44-34-17-11-29(12-18-34)31-13-21-36(30-9-7-8-10-30)32(26-31)14-22-37(42)40-33-15-19-35(20-16-33)45-38-28(3)39-27-41(38)5-2/h11-22,26-27,30H,4-10,23-25H2,1-3H3,(H,40,42)/b22-14+. The van der Waals surface area contributed by atoms with Crippen LogP contribution in [0.15, 0.2) is 89.1 Å². The van der Waals surface area contributed by atoms with Gasteiger partial charge in [0.1, 0.15) is 17.4 Å². The highest BCUT2D eigenvalue weighted by atomic mass is 32.2. The Hall–Kier alpha value is -3.81. The molecule has 0 saturated heterocycles. The Labute approximate surface area is 272 Å². The number of imidazole rings is 1. The van der Waals surface area contributed by atoms with Gasteiger partial charge in [0.25, 0.3) is 0 Å². The molecule has 0 aliphatic heterocycles. The van der Waals surface area contributed by atoms with Gasteiger partial charge in [-0.05, 0) is 110 Å². The van der Waals surface area contributed by atoms with Gasteiger partial charge in [-0.25, -0.2) is 4.98 Å². The molecule has 0 unspecified atom stereocenters. The Balaban J connectivity index is 1.23. The number of rotatable bonds is 15. The number of benzene rings is 3. The Morgan fingerprint density at radius 3 is 2.47 bits per heavy atom. The SMILES string of the molecule is CCCCOCCOc1ccc(-c2ccc(C3CCCC3)c(/C=C/C(=O)Nc3ccc(Sc4c(C)ncn4CC)cc3)c2)cc1. The smallest absolute Gasteiger partial charge is 0.248 e. The third-order valence-electron chi connectivity index (χ3n) is 8.26. The number of hydrogen-bond acceptors (Lipinski definition) is 5. The highest BCUT2D eigenvalue weighted by Gasteiger charge is 2.20. The number of carbonyl (C=O) groups excluding carboxylic acids is 1. The molecule has 1 N–H and O–H groups in total. The first kappa shape index (κ1) is 32.6.